The summed E-state index contributed by atoms with van der Waals surface area (Å²) in [6.45, 7) is 0. The van der Waals surface area contributed by atoms with Crippen LogP contribution in [0.5, 0.6) is 11.5 Å². The van der Waals surface area contributed by atoms with Gasteiger partial charge in [0.05, 0.1) is 20.4 Å². The van der Waals surface area contributed by atoms with Crippen molar-refractivity contribution in [1.82, 2.24) is 5.43 Å². The Kier molecular flexibility index (Phi) is 6.05. The molecule has 0 unspecified atom stereocenters. The van der Waals surface area contributed by atoms with E-state index in [0.29, 0.717) is 22.7 Å². The van der Waals surface area contributed by atoms with Crippen molar-refractivity contribution < 1.29 is 23.5 Å². The number of nitrogens with one attached hydrogen (secondary N) is 2. The van der Waals surface area contributed by atoms with E-state index in [9.17, 15) is 14.0 Å². The van der Waals surface area contributed by atoms with Gasteiger partial charge in [0.25, 0.3) is 0 Å². The van der Waals surface area contributed by atoms with Crippen LogP contribution in [0.4, 0.5) is 10.1 Å². The number of hydrogen-bond acceptors (Lipinski definition) is 5. The molecule has 8 heteroatoms. The third-order valence-corrected chi connectivity index (χ3v) is 3.10. The van der Waals surface area contributed by atoms with Crippen molar-refractivity contribution in [3.05, 3.63) is 53.8 Å². The third kappa shape index (κ3) is 5.03. The van der Waals surface area contributed by atoms with Gasteiger partial charge in [0, 0.05) is 11.8 Å². The normalized spacial score (nSPS) is 10.4. The first-order chi connectivity index (χ1) is 12.0. The van der Waals surface area contributed by atoms with E-state index in [1.165, 1.54) is 50.8 Å². The Bertz CT molecular complexity index is 791. The fourth-order valence-electron chi connectivity index (χ4n) is 1.87. The number of amides is 2. The van der Waals surface area contributed by atoms with Crippen LogP contribution in [0.15, 0.2) is 47.6 Å². The number of ether oxygens (including phenoxy) is 2. The Morgan fingerprint density at radius 3 is 2.32 bits per heavy atom. The molecule has 0 saturated carbocycles. The summed E-state index contributed by atoms with van der Waals surface area (Å²) < 4.78 is 23.0. The second-order valence-electron chi connectivity index (χ2n) is 4.77. The van der Waals surface area contributed by atoms with Crippen molar-refractivity contribution in [1.29, 1.82) is 0 Å². The molecule has 0 spiro atoms. The Labute approximate surface area is 143 Å². The average molecular weight is 345 g/mol. The molecule has 2 amide bonds. The first-order valence-corrected chi connectivity index (χ1v) is 7.15. The van der Waals surface area contributed by atoms with E-state index >= 15 is 0 Å². The van der Waals surface area contributed by atoms with Crippen LogP contribution >= 0.6 is 0 Å². The molecule has 0 aliphatic rings. The summed E-state index contributed by atoms with van der Waals surface area (Å²) in [5.74, 6) is -1.32. The molecule has 0 aliphatic heterocycles. The van der Waals surface area contributed by atoms with Gasteiger partial charge in [-0.3, -0.25) is 9.59 Å². The summed E-state index contributed by atoms with van der Waals surface area (Å²) in [4.78, 5) is 23.6. The Hall–Kier alpha value is -3.42. The van der Waals surface area contributed by atoms with Crippen LogP contribution in [0, 0.1) is 5.82 Å². The predicted octanol–water partition coefficient (Wildman–Crippen LogP) is 1.93. The molecule has 7 nitrogen and oxygen atoms in total. The van der Waals surface area contributed by atoms with Gasteiger partial charge >= 0.3 is 11.8 Å². The van der Waals surface area contributed by atoms with Crippen molar-refractivity contribution in [2.45, 2.75) is 0 Å². The number of carbonyl (C=O) groups is 2. The van der Waals surface area contributed by atoms with Crippen LogP contribution < -0.4 is 20.2 Å². The van der Waals surface area contributed by atoms with Crippen LogP contribution in [0.3, 0.4) is 0 Å². The minimum absolute atomic E-state index is 0.361. The first-order valence-electron chi connectivity index (χ1n) is 7.15. The van der Waals surface area contributed by atoms with Crippen molar-refractivity contribution in [2.24, 2.45) is 5.10 Å². The van der Waals surface area contributed by atoms with Crippen LogP contribution in [0.2, 0.25) is 0 Å². The summed E-state index contributed by atoms with van der Waals surface area (Å²) in [6.07, 6.45) is 1.29. The summed E-state index contributed by atoms with van der Waals surface area (Å²) in [5.41, 5.74) is 3.02. The van der Waals surface area contributed by atoms with Gasteiger partial charge in [-0.25, -0.2) is 9.82 Å². The Morgan fingerprint density at radius 1 is 1.00 bits per heavy atom. The lowest BCUT2D eigenvalue weighted by Gasteiger charge is -2.10. The number of carbonyl (C=O) groups excluding carboxylic acids is 2. The van der Waals surface area contributed by atoms with Crippen LogP contribution in [-0.2, 0) is 9.59 Å². The molecular weight excluding hydrogens is 329 g/mol. The standard InChI is InChI=1S/C17H16FN3O4/c1-24-14-8-7-13(9-15(14)25-2)20-16(22)17(23)21-19-10-11-3-5-12(18)6-4-11/h3-10H,1-2H3,(H,20,22)(H,21,23)/b19-10-. The summed E-state index contributed by atoms with van der Waals surface area (Å²) in [5, 5.41) is 6.06. The molecule has 0 fully saturated rings. The van der Waals surface area contributed by atoms with E-state index in [2.05, 4.69) is 15.8 Å². The summed E-state index contributed by atoms with van der Waals surface area (Å²) >= 11 is 0. The van der Waals surface area contributed by atoms with E-state index in [4.69, 9.17) is 9.47 Å². The van der Waals surface area contributed by atoms with Gasteiger partial charge in [-0.2, -0.15) is 5.10 Å². The van der Waals surface area contributed by atoms with E-state index in [1.807, 2.05) is 0 Å². The zero-order valence-electron chi connectivity index (χ0n) is 13.6. The summed E-state index contributed by atoms with van der Waals surface area (Å²) in [6, 6.07) is 10.2. The number of benzene rings is 2. The van der Waals surface area contributed by atoms with Crippen molar-refractivity contribution in [3.63, 3.8) is 0 Å². The highest BCUT2D eigenvalue weighted by Crippen LogP contribution is 2.29. The molecule has 0 atom stereocenters. The smallest absolute Gasteiger partial charge is 0.329 e. The second-order valence-corrected chi connectivity index (χ2v) is 4.77. The fraction of sp³-hybridized carbons (Fsp3) is 0.118. The maximum absolute atomic E-state index is 12.8. The SMILES string of the molecule is COc1ccc(NC(=O)C(=O)N/N=C\c2ccc(F)cc2)cc1OC. The molecule has 0 radical (unpaired) electrons. The molecule has 0 saturated heterocycles. The molecule has 0 heterocycles. The molecule has 0 aliphatic carbocycles. The van der Waals surface area contributed by atoms with E-state index < -0.39 is 11.8 Å². The monoisotopic (exact) mass is 345 g/mol. The molecule has 25 heavy (non-hydrogen) atoms. The van der Waals surface area contributed by atoms with Gasteiger partial charge < -0.3 is 14.8 Å². The molecule has 2 aromatic carbocycles. The molecule has 2 N–H and O–H groups in total. The number of anilines is 1. The van der Waals surface area contributed by atoms with Gasteiger partial charge in [-0.15, -0.1) is 0 Å². The highest BCUT2D eigenvalue weighted by atomic mass is 19.1. The van der Waals surface area contributed by atoms with Gasteiger partial charge in [0.15, 0.2) is 11.5 Å². The Morgan fingerprint density at radius 2 is 1.68 bits per heavy atom. The highest BCUT2D eigenvalue weighted by molar-refractivity contribution is 6.39. The molecular formula is C17H16FN3O4. The lowest BCUT2D eigenvalue weighted by Crippen LogP contribution is -2.32. The zero-order valence-corrected chi connectivity index (χ0v) is 13.6. The van der Waals surface area contributed by atoms with Crippen molar-refractivity contribution in [3.8, 4) is 11.5 Å². The highest BCUT2D eigenvalue weighted by Gasteiger charge is 2.14. The number of hydrazone groups is 1. The third-order valence-electron chi connectivity index (χ3n) is 3.10. The number of halogens is 1. The van der Waals surface area contributed by atoms with Gasteiger partial charge in [0.1, 0.15) is 5.82 Å². The van der Waals surface area contributed by atoms with Crippen molar-refractivity contribution in [2.75, 3.05) is 19.5 Å². The maximum Gasteiger partial charge on any atom is 0.329 e. The average Bonchev–Trinajstić information content (AvgIpc) is 2.63. The fourth-order valence-corrected chi connectivity index (χ4v) is 1.87. The quantitative estimate of drug-likeness (QED) is 0.492. The Balaban J connectivity index is 1.94. The number of rotatable bonds is 5. The lowest BCUT2D eigenvalue weighted by atomic mass is 10.2. The second kappa shape index (κ2) is 8.44. The van der Waals surface area contributed by atoms with Gasteiger partial charge in [-0.1, -0.05) is 12.1 Å². The maximum atomic E-state index is 12.8. The number of nitrogens with zero attached hydrogens (tertiary/aromatic N) is 1. The van der Waals surface area contributed by atoms with Crippen LogP contribution in [0.1, 0.15) is 5.56 Å². The van der Waals surface area contributed by atoms with Crippen molar-refractivity contribution >= 4 is 23.7 Å². The number of hydrogen-bond donors (Lipinski definition) is 2. The first kappa shape index (κ1) is 17.9. The molecule has 130 valence electrons. The topological polar surface area (TPSA) is 89.0 Å². The lowest BCUT2D eigenvalue weighted by molar-refractivity contribution is -0.136. The van der Waals surface area contributed by atoms with Gasteiger partial charge in [-0.05, 0) is 29.8 Å². The van der Waals surface area contributed by atoms with E-state index in [1.54, 1.807) is 12.1 Å². The largest absolute Gasteiger partial charge is 0.493 e. The molecule has 0 bridgehead atoms. The van der Waals surface area contributed by atoms with E-state index in [-0.39, 0.29) is 5.82 Å². The predicted molar refractivity (Wildman–Crippen MR) is 90.3 cm³/mol. The van der Waals surface area contributed by atoms with Crippen LogP contribution in [-0.4, -0.2) is 32.2 Å². The molecule has 2 aromatic rings. The molecule has 0 aromatic heterocycles. The minimum Gasteiger partial charge on any atom is -0.493 e. The minimum atomic E-state index is -0.951. The van der Waals surface area contributed by atoms with Crippen LogP contribution in [0.25, 0.3) is 0 Å². The zero-order chi connectivity index (χ0) is 18.2. The number of methoxy groups -OCH3 is 2. The van der Waals surface area contributed by atoms with Gasteiger partial charge in [0.2, 0.25) is 0 Å². The van der Waals surface area contributed by atoms with E-state index in [0.717, 1.165) is 0 Å². The molecule has 2 rings (SSSR count). The summed E-state index contributed by atoms with van der Waals surface area (Å²) in [7, 11) is 2.95.